The average Bonchev–Trinajstić information content (AvgIpc) is 2.68. The summed E-state index contributed by atoms with van der Waals surface area (Å²) in [6.07, 6.45) is 4.96. The van der Waals surface area contributed by atoms with Gasteiger partial charge in [0.25, 0.3) is 0 Å². The van der Waals surface area contributed by atoms with E-state index in [-0.39, 0.29) is 31.6 Å². The third kappa shape index (κ3) is 8.10. The van der Waals surface area contributed by atoms with Crippen molar-refractivity contribution in [3.63, 3.8) is 0 Å². The second kappa shape index (κ2) is 12.1. The third-order valence-electron chi connectivity index (χ3n) is 3.90. The number of aliphatic hydroxyl groups excluding tert-OH is 1. The molecule has 1 N–H and O–H groups in total. The van der Waals surface area contributed by atoms with Crippen molar-refractivity contribution in [1.82, 2.24) is 9.97 Å². The molecule has 0 amide bonds. The van der Waals surface area contributed by atoms with Gasteiger partial charge < -0.3 is 5.11 Å². The largest absolute Gasteiger partial charge is 0.512 e. The predicted molar refractivity (Wildman–Crippen MR) is 113 cm³/mol. The van der Waals surface area contributed by atoms with Gasteiger partial charge in [-0.05, 0) is 30.9 Å². The number of carbonyl (C=O) groups excluding carboxylic acids is 1. The van der Waals surface area contributed by atoms with E-state index >= 15 is 0 Å². The van der Waals surface area contributed by atoms with Crippen LogP contribution in [0.5, 0.6) is 0 Å². The number of allylic oxidation sites excluding steroid dienone is 2. The number of rotatable bonds is 4. The summed E-state index contributed by atoms with van der Waals surface area (Å²) in [5.74, 6) is 1.10. The minimum Gasteiger partial charge on any atom is -0.512 e. The molecule has 0 aliphatic heterocycles. The monoisotopic (exact) mass is 566 g/mol. The van der Waals surface area contributed by atoms with Crippen molar-refractivity contribution in [3.8, 4) is 22.5 Å². The summed E-state index contributed by atoms with van der Waals surface area (Å²) >= 11 is 0. The van der Waals surface area contributed by atoms with E-state index in [1.54, 1.807) is 0 Å². The SMILES string of the molecule is CC(=O)C=C(C)O.CC(C)c1cnc(-c2[c-]ccc(-c3ccccc3)c2)nc1.[Ir]. The summed E-state index contributed by atoms with van der Waals surface area (Å²) < 4.78 is 0. The molecule has 2 aromatic carbocycles. The van der Waals surface area contributed by atoms with Crippen LogP contribution < -0.4 is 0 Å². The van der Waals surface area contributed by atoms with Gasteiger partial charge in [0.15, 0.2) is 5.78 Å². The van der Waals surface area contributed by atoms with Crippen molar-refractivity contribution in [1.29, 1.82) is 0 Å². The van der Waals surface area contributed by atoms with E-state index in [0.717, 1.165) is 22.5 Å². The minimum absolute atomic E-state index is 0. The molecule has 0 bridgehead atoms. The van der Waals surface area contributed by atoms with Crippen LogP contribution in [0.2, 0.25) is 0 Å². The Morgan fingerprint density at radius 2 is 1.66 bits per heavy atom. The number of aliphatic hydroxyl groups is 1. The smallest absolute Gasteiger partial charge is 0.155 e. The molecule has 153 valence electrons. The van der Waals surface area contributed by atoms with Crippen molar-refractivity contribution in [2.24, 2.45) is 0 Å². The molecule has 0 spiro atoms. The molecule has 0 atom stereocenters. The number of carbonyl (C=O) groups is 1. The van der Waals surface area contributed by atoms with E-state index in [0.29, 0.717) is 5.92 Å². The zero-order valence-corrected chi connectivity index (χ0v) is 19.4. The van der Waals surface area contributed by atoms with Crippen LogP contribution in [-0.4, -0.2) is 20.9 Å². The molecular formula is C24H25IrN2O2-. The van der Waals surface area contributed by atoms with Crippen LogP contribution in [0, 0.1) is 6.07 Å². The maximum Gasteiger partial charge on any atom is 0.155 e. The van der Waals surface area contributed by atoms with Crippen molar-refractivity contribution in [2.45, 2.75) is 33.6 Å². The van der Waals surface area contributed by atoms with Gasteiger partial charge in [0.1, 0.15) is 0 Å². The van der Waals surface area contributed by atoms with Gasteiger partial charge in [-0.1, -0.05) is 44.2 Å². The molecule has 1 aromatic heterocycles. The molecular weight excluding hydrogens is 540 g/mol. The number of nitrogens with zero attached hydrogens (tertiary/aromatic N) is 2. The van der Waals surface area contributed by atoms with Crippen LogP contribution in [0.3, 0.4) is 0 Å². The first-order valence-electron chi connectivity index (χ1n) is 9.14. The zero-order chi connectivity index (χ0) is 20.5. The quantitative estimate of drug-likeness (QED) is 0.248. The fourth-order valence-electron chi connectivity index (χ4n) is 2.48. The molecule has 0 unspecified atom stereocenters. The van der Waals surface area contributed by atoms with E-state index in [2.05, 4.69) is 54.1 Å². The van der Waals surface area contributed by atoms with Crippen molar-refractivity contribution in [3.05, 3.63) is 84.4 Å². The first-order chi connectivity index (χ1) is 13.4. The fourth-order valence-corrected chi connectivity index (χ4v) is 2.48. The molecule has 1 heterocycles. The molecule has 0 fully saturated rings. The van der Waals surface area contributed by atoms with Crippen LogP contribution in [-0.2, 0) is 24.9 Å². The first-order valence-corrected chi connectivity index (χ1v) is 9.14. The first kappa shape index (κ1) is 24.4. The van der Waals surface area contributed by atoms with E-state index in [9.17, 15) is 4.79 Å². The molecule has 0 aliphatic rings. The Labute approximate surface area is 186 Å². The Balaban J connectivity index is 0.000000456. The third-order valence-corrected chi connectivity index (χ3v) is 3.90. The van der Waals surface area contributed by atoms with E-state index in [4.69, 9.17) is 5.11 Å². The van der Waals surface area contributed by atoms with Gasteiger partial charge in [-0.3, -0.25) is 14.8 Å². The Hall–Kier alpha value is -2.62. The number of aromatic nitrogens is 2. The Morgan fingerprint density at radius 3 is 2.14 bits per heavy atom. The van der Waals surface area contributed by atoms with Crippen LogP contribution in [0.15, 0.2) is 72.8 Å². The maximum absolute atomic E-state index is 10.0. The molecule has 0 saturated heterocycles. The van der Waals surface area contributed by atoms with E-state index in [1.165, 1.54) is 25.5 Å². The summed E-state index contributed by atoms with van der Waals surface area (Å²) in [4.78, 5) is 18.9. The Morgan fingerprint density at radius 1 is 1.03 bits per heavy atom. The second-order valence-electron chi connectivity index (χ2n) is 6.75. The van der Waals surface area contributed by atoms with Gasteiger partial charge >= 0.3 is 0 Å². The van der Waals surface area contributed by atoms with Crippen LogP contribution in [0.25, 0.3) is 22.5 Å². The molecule has 3 aromatic rings. The van der Waals surface area contributed by atoms with Gasteiger partial charge in [-0.15, -0.1) is 35.4 Å². The minimum atomic E-state index is -0.125. The topological polar surface area (TPSA) is 63.1 Å². The summed E-state index contributed by atoms with van der Waals surface area (Å²) in [7, 11) is 0. The van der Waals surface area contributed by atoms with Crippen molar-refractivity contribution < 1.29 is 30.0 Å². The molecule has 29 heavy (non-hydrogen) atoms. The standard InChI is InChI=1S/C19H17N2.C5H8O2.Ir/c1-14(2)18-12-20-19(21-13-18)17-10-6-9-16(11-17)15-7-4-3-5-8-15;1-4(6)3-5(2)7;/h3-9,11-14H,1-2H3;3,6H,1-2H3;/q-1;;. The molecule has 3 rings (SSSR count). The number of benzene rings is 2. The molecule has 0 aliphatic carbocycles. The Bertz CT molecular complexity index is 933. The average molecular weight is 566 g/mol. The van der Waals surface area contributed by atoms with Crippen LogP contribution in [0.1, 0.15) is 39.2 Å². The van der Waals surface area contributed by atoms with Crippen molar-refractivity contribution >= 4 is 5.78 Å². The summed E-state index contributed by atoms with van der Waals surface area (Å²) in [5.41, 5.74) is 4.41. The van der Waals surface area contributed by atoms with Crippen molar-refractivity contribution in [2.75, 3.05) is 0 Å². The zero-order valence-electron chi connectivity index (χ0n) is 17.0. The molecule has 5 heteroatoms. The second-order valence-corrected chi connectivity index (χ2v) is 6.75. The van der Waals surface area contributed by atoms with Crippen LogP contribution in [0.4, 0.5) is 0 Å². The summed E-state index contributed by atoms with van der Waals surface area (Å²) in [5, 5.41) is 8.36. The van der Waals surface area contributed by atoms with Gasteiger partial charge in [-0.2, -0.15) is 0 Å². The van der Waals surface area contributed by atoms with E-state index < -0.39 is 0 Å². The van der Waals surface area contributed by atoms with Gasteiger partial charge in [0.2, 0.25) is 0 Å². The predicted octanol–water partition coefficient (Wildman–Crippen LogP) is 5.77. The fraction of sp³-hybridized carbons (Fsp3) is 0.208. The van der Waals surface area contributed by atoms with Gasteiger partial charge in [0.05, 0.1) is 11.6 Å². The van der Waals surface area contributed by atoms with Gasteiger partial charge in [-0.25, -0.2) is 0 Å². The number of hydrogen-bond donors (Lipinski definition) is 1. The summed E-state index contributed by atoms with van der Waals surface area (Å²) in [6.45, 7) is 7.13. The number of hydrogen-bond acceptors (Lipinski definition) is 4. The normalized spacial score (nSPS) is 10.6. The number of ketones is 1. The molecule has 4 nitrogen and oxygen atoms in total. The maximum atomic E-state index is 10.0. The Kier molecular flexibility index (Phi) is 10.1. The molecule has 1 radical (unpaired) electrons. The van der Waals surface area contributed by atoms with Gasteiger partial charge in [0, 0.05) is 38.6 Å². The van der Waals surface area contributed by atoms with Crippen LogP contribution >= 0.6 is 0 Å². The molecule has 0 saturated carbocycles. The van der Waals surface area contributed by atoms with E-state index in [1.807, 2.05) is 36.7 Å². The summed E-state index contributed by atoms with van der Waals surface area (Å²) in [6, 6.07) is 19.6.